The van der Waals surface area contributed by atoms with E-state index >= 15 is 0 Å². The number of rotatable bonds is 13. The largest absolute Gasteiger partial charge is 1.00 e. The fraction of sp³-hybridized carbons (Fsp3) is 0.586. The van der Waals surface area contributed by atoms with Crippen LogP contribution >= 0.6 is 0 Å². The number of amides is 2. The van der Waals surface area contributed by atoms with Crippen molar-refractivity contribution in [1.82, 2.24) is 15.2 Å². The van der Waals surface area contributed by atoms with Crippen LogP contribution in [0.15, 0.2) is 24.5 Å². The first-order chi connectivity index (χ1) is 18.7. The highest BCUT2D eigenvalue weighted by atomic mass is 127. The zero-order valence-electron chi connectivity index (χ0n) is 24.3. The molecule has 2 aromatic rings. The number of hydrogen-bond donors (Lipinski definition) is 2. The molecule has 0 radical (unpaired) electrons. The fourth-order valence-electron chi connectivity index (χ4n) is 4.68. The lowest BCUT2D eigenvalue weighted by Crippen LogP contribution is -3.00. The Morgan fingerprint density at radius 2 is 1.62 bits per heavy atom. The van der Waals surface area contributed by atoms with Gasteiger partial charge in [0.25, 0.3) is 6.73 Å². The minimum Gasteiger partial charge on any atom is -1.00 e. The van der Waals surface area contributed by atoms with E-state index in [-0.39, 0.29) is 62.0 Å². The maximum absolute atomic E-state index is 12.4. The lowest BCUT2D eigenvalue weighted by Gasteiger charge is -2.14. The van der Waals surface area contributed by atoms with Crippen LogP contribution in [0.2, 0.25) is 0 Å². The van der Waals surface area contributed by atoms with E-state index in [2.05, 4.69) is 22.1 Å². The smallest absolute Gasteiger partial charge is 0.407 e. The molecule has 0 atom stereocenters. The second-order valence-corrected chi connectivity index (χ2v) is 10.5. The molecule has 40 heavy (non-hydrogen) atoms. The van der Waals surface area contributed by atoms with E-state index in [0.29, 0.717) is 6.42 Å². The van der Waals surface area contributed by atoms with Gasteiger partial charge in [0.05, 0.1) is 11.3 Å². The van der Waals surface area contributed by atoms with Gasteiger partial charge in [-0.25, -0.2) is 9.59 Å². The van der Waals surface area contributed by atoms with Crippen LogP contribution in [0.3, 0.4) is 0 Å². The van der Waals surface area contributed by atoms with E-state index in [0.717, 1.165) is 66.7 Å². The highest BCUT2D eigenvalue weighted by Crippen LogP contribution is 2.36. The standard InChI is InChI=1S/C29H42N4O6.HI/c1-6-7-8-13-26(34)39-19-32-14-9-11-22(16-32)27-24(18-38-29(36)31-21(4)5)23(25-12-10-15-33(25)27)17-37-28(35)30-20(2)3;/h9,11,14,16,20-21H,6-8,10,12-13,15,17-19H2,1-5H3,(H-,30,31,35,36);1H. The molecule has 10 nitrogen and oxygen atoms in total. The summed E-state index contributed by atoms with van der Waals surface area (Å²) in [7, 11) is 0. The van der Waals surface area contributed by atoms with Crippen LogP contribution in [-0.4, -0.2) is 34.8 Å². The number of aromatic nitrogens is 2. The number of esters is 1. The van der Waals surface area contributed by atoms with Crippen LogP contribution in [0.4, 0.5) is 9.59 Å². The SMILES string of the molecule is CCCCCC(=O)OC[n+]1cccc(-c2c(COC(=O)NC(C)C)c(COC(=O)NC(C)C)c3n2CCC3)c1.[I-]. The zero-order valence-corrected chi connectivity index (χ0v) is 26.4. The Morgan fingerprint density at radius 1 is 0.975 bits per heavy atom. The molecule has 1 aliphatic heterocycles. The Bertz CT molecular complexity index is 1150. The van der Waals surface area contributed by atoms with Crippen LogP contribution in [0, 0.1) is 0 Å². The van der Waals surface area contributed by atoms with Gasteiger partial charge in [0.2, 0.25) is 0 Å². The van der Waals surface area contributed by atoms with Gasteiger partial charge in [-0.15, -0.1) is 0 Å². The first-order valence-electron chi connectivity index (χ1n) is 13.9. The number of carbonyl (C=O) groups excluding carboxylic acids is 3. The number of nitrogens with zero attached hydrogens (tertiary/aromatic N) is 2. The van der Waals surface area contributed by atoms with Crippen molar-refractivity contribution in [2.75, 3.05) is 0 Å². The Hall–Kier alpha value is -2.83. The van der Waals surface area contributed by atoms with Gasteiger partial charge >= 0.3 is 18.2 Å². The first kappa shape index (κ1) is 33.4. The summed E-state index contributed by atoms with van der Waals surface area (Å²) in [5.41, 5.74) is 4.53. The predicted molar refractivity (Wildman–Crippen MR) is 146 cm³/mol. The van der Waals surface area contributed by atoms with E-state index in [4.69, 9.17) is 14.2 Å². The molecule has 0 spiro atoms. The monoisotopic (exact) mass is 670 g/mol. The summed E-state index contributed by atoms with van der Waals surface area (Å²) in [5, 5.41) is 5.50. The fourth-order valence-corrected chi connectivity index (χ4v) is 4.68. The van der Waals surface area contributed by atoms with Crippen molar-refractivity contribution in [3.63, 3.8) is 0 Å². The van der Waals surface area contributed by atoms with E-state index in [1.54, 1.807) is 0 Å². The summed E-state index contributed by atoms with van der Waals surface area (Å²) in [6.07, 6.45) is 7.85. The van der Waals surface area contributed by atoms with Crippen LogP contribution in [0.1, 0.15) is 83.5 Å². The molecule has 3 rings (SSSR count). The third-order valence-electron chi connectivity index (χ3n) is 6.39. The summed E-state index contributed by atoms with van der Waals surface area (Å²) in [6.45, 7) is 10.6. The molecule has 0 saturated heterocycles. The third-order valence-corrected chi connectivity index (χ3v) is 6.39. The van der Waals surface area contributed by atoms with Gasteiger partial charge in [-0.2, -0.15) is 4.57 Å². The number of carbonyl (C=O) groups is 3. The minimum absolute atomic E-state index is 0. The van der Waals surface area contributed by atoms with E-state index in [9.17, 15) is 14.4 Å². The zero-order chi connectivity index (χ0) is 28.4. The highest BCUT2D eigenvalue weighted by molar-refractivity contribution is 5.71. The first-order valence-corrected chi connectivity index (χ1v) is 13.9. The van der Waals surface area contributed by atoms with Crippen molar-refractivity contribution >= 4 is 18.2 Å². The summed E-state index contributed by atoms with van der Waals surface area (Å²) in [5.74, 6) is -0.214. The Labute approximate surface area is 254 Å². The van der Waals surface area contributed by atoms with Crippen molar-refractivity contribution in [2.45, 2.75) is 112 Å². The molecule has 0 saturated carbocycles. The molecule has 0 aliphatic carbocycles. The lowest BCUT2D eigenvalue weighted by atomic mass is 10.0. The summed E-state index contributed by atoms with van der Waals surface area (Å²) in [4.78, 5) is 36.8. The van der Waals surface area contributed by atoms with Crippen molar-refractivity contribution in [1.29, 1.82) is 0 Å². The van der Waals surface area contributed by atoms with Crippen molar-refractivity contribution in [3.05, 3.63) is 41.3 Å². The average molecular weight is 671 g/mol. The number of halogens is 1. The molecule has 2 aromatic heterocycles. The Morgan fingerprint density at radius 3 is 2.25 bits per heavy atom. The average Bonchev–Trinajstić information content (AvgIpc) is 3.45. The van der Waals surface area contributed by atoms with Gasteiger partial charge in [-0.1, -0.05) is 19.8 Å². The molecule has 222 valence electrons. The molecule has 0 aromatic carbocycles. The normalized spacial score (nSPS) is 12.1. The number of unbranched alkanes of at least 4 members (excludes halogenated alkanes) is 2. The maximum Gasteiger partial charge on any atom is 0.407 e. The molecule has 0 fully saturated rings. The summed E-state index contributed by atoms with van der Waals surface area (Å²) >= 11 is 0. The summed E-state index contributed by atoms with van der Waals surface area (Å²) < 4.78 is 20.7. The van der Waals surface area contributed by atoms with Crippen LogP contribution < -0.4 is 39.2 Å². The molecular formula is C29H43IN4O6. The van der Waals surface area contributed by atoms with Gasteiger partial charge in [-0.3, -0.25) is 4.79 Å². The molecular weight excluding hydrogens is 627 g/mol. The van der Waals surface area contributed by atoms with Gasteiger partial charge in [0.15, 0.2) is 12.4 Å². The second kappa shape index (κ2) is 16.4. The number of hydrogen-bond acceptors (Lipinski definition) is 6. The highest BCUT2D eigenvalue weighted by Gasteiger charge is 2.29. The predicted octanol–water partition coefficient (Wildman–Crippen LogP) is 1.74. The van der Waals surface area contributed by atoms with E-state index < -0.39 is 12.2 Å². The van der Waals surface area contributed by atoms with Crippen LogP contribution in [-0.2, 0) is 51.9 Å². The lowest BCUT2D eigenvalue weighted by molar-refractivity contribution is -0.727. The molecule has 1 aliphatic rings. The second-order valence-electron chi connectivity index (χ2n) is 10.5. The molecule has 0 bridgehead atoms. The quantitative estimate of drug-likeness (QED) is 0.111. The number of alkyl carbamates (subject to hydrolysis) is 2. The Kier molecular flexibility index (Phi) is 13.7. The topological polar surface area (TPSA) is 112 Å². The molecule has 2 amide bonds. The summed E-state index contributed by atoms with van der Waals surface area (Å²) in [6, 6.07) is 3.78. The number of fused-ring (bicyclic) bond motifs is 1. The van der Waals surface area contributed by atoms with Gasteiger partial charge in [-0.05, 0) is 53.0 Å². The van der Waals surface area contributed by atoms with Crippen molar-refractivity contribution in [2.24, 2.45) is 0 Å². The number of pyridine rings is 1. The van der Waals surface area contributed by atoms with Crippen LogP contribution in [0.25, 0.3) is 11.3 Å². The van der Waals surface area contributed by atoms with Crippen molar-refractivity contribution in [3.8, 4) is 11.3 Å². The maximum atomic E-state index is 12.4. The third kappa shape index (κ3) is 9.67. The molecule has 3 heterocycles. The van der Waals surface area contributed by atoms with Gasteiger partial charge < -0.3 is 53.4 Å². The number of nitrogens with one attached hydrogen (secondary N) is 2. The van der Waals surface area contributed by atoms with Gasteiger partial charge in [0.1, 0.15) is 13.2 Å². The van der Waals surface area contributed by atoms with E-state index in [1.165, 1.54) is 0 Å². The van der Waals surface area contributed by atoms with Crippen molar-refractivity contribution < 1.29 is 57.1 Å². The molecule has 2 N–H and O–H groups in total. The molecule has 0 unspecified atom stereocenters. The number of ether oxygens (including phenoxy) is 3. The Balaban J connectivity index is 0.00000560. The minimum atomic E-state index is -0.509. The van der Waals surface area contributed by atoms with E-state index in [1.807, 2.05) is 56.8 Å². The van der Waals surface area contributed by atoms with Gasteiger partial charge in [0, 0.05) is 47.9 Å². The molecule has 11 heteroatoms. The van der Waals surface area contributed by atoms with Crippen LogP contribution in [0.5, 0.6) is 0 Å².